The van der Waals surface area contributed by atoms with Crippen LogP contribution in [0.25, 0.3) is 0 Å². The van der Waals surface area contributed by atoms with Crippen molar-refractivity contribution >= 4 is 15.9 Å². The summed E-state index contributed by atoms with van der Waals surface area (Å²) < 4.78 is 11.8. The molecule has 0 aromatic heterocycles. The van der Waals surface area contributed by atoms with Crippen molar-refractivity contribution in [3.63, 3.8) is 0 Å². The Morgan fingerprint density at radius 2 is 1.88 bits per heavy atom. The number of methoxy groups -OCH3 is 2. The van der Waals surface area contributed by atoms with E-state index < -0.39 is 0 Å². The Morgan fingerprint density at radius 3 is 2.38 bits per heavy atom. The van der Waals surface area contributed by atoms with E-state index in [1.165, 1.54) is 5.56 Å². The molecular weight excluding hydrogens is 268 g/mol. The van der Waals surface area contributed by atoms with E-state index in [-0.39, 0.29) is 11.5 Å². The molecule has 0 bridgehead atoms. The van der Waals surface area contributed by atoms with Crippen molar-refractivity contribution in [2.24, 2.45) is 0 Å². The zero-order chi connectivity index (χ0) is 12.2. The van der Waals surface area contributed by atoms with E-state index in [0.717, 1.165) is 4.47 Å². The molecular formula is C13H19BrO2. The van der Waals surface area contributed by atoms with Gasteiger partial charge in [0.25, 0.3) is 0 Å². The van der Waals surface area contributed by atoms with E-state index >= 15 is 0 Å². The van der Waals surface area contributed by atoms with Gasteiger partial charge in [-0.15, -0.1) is 0 Å². The molecule has 1 aromatic rings. The van der Waals surface area contributed by atoms with Gasteiger partial charge in [-0.1, -0.05) is 48.0 Å². The van der Waals surface area contributed by atoms with E-state index in [4.69, 9.17) is 9.47 Å². The Bertz CT molecular complexity index is 336. The summed E-state index contributed by atoms with van der Waals surface area (Å²) in [6.45, 7) is 4.92. The van der Waals surface area contributed by atoms with Gasteiger partial charge in [-0.05, 0) is 11.6 Å². The van der Waals surface area contributed by atoms with Gasteiger partial charge in [0.1, 0.15) is 0 Å². The molecule has 0 heterocycles. The minimum atomic E-state index is -0.0924. The molecule has 1 atom stereocenters. The molecule has 0 N–H and O–H groups in total. The van der Waals surface area contributed by atoms with Crippen molar-refractivity contribution < 1.29 is 9.47 Å². The zero-order valence-corrected chi connectivity index (χ0v) is 11.9. The smallest absolute Gasteiger partial charge is 0.0895 e. The number of ether oxygens (including phenoxy) is 2. The first-order valence-corrected chi connectivity index (χ1v) is 6.10. The maximum Gasteiger partial charge on any atom is 0.0895 e. The van der Waals surface area contributed by atoms with Crippen molar-refractivity contribution in [1.82, 2.24) is 0 Å². The van der Waals surface area contributed by atoms with Crippen LogP contribution in [0.5, 0.6) is 0 Å². The predicted octanol–water partition coefficient (Wildman–Crippen LogP) is 3.39. The van der Waals surface area contributed by atoms with Gasteiger partial charge in [0.15, 0.2) is 0 Å². The Morgan fingerprint density at radius 1 is 1.25 bits per heavy atom. The quantitative estimate of drug-likeness (QED) is 0.826. The van der Waals surface area contributed by atoms with Crippen molar-refractivity contribution in [3.05, 3.63) is 34.3 Å². The van der Waals surface area contributed by atoms with E-state index in [9.17, 15) is 0 Å². The van der Waals surface area contributed by atoms with Gasteiger partial charge < -0.3 is 9.47 Å². The van der Waals surface area contributed by atoms with Gasteiger partial charge in [0, 0.05) is 24.1 Å². The Kier molecular flexibility index (Phi) is 4.96. The topological polar surface area (TPSA) is 18.5 Å². The number of hydrogen-bond acceptors (Lipinski definition) is 2. The average molecular weight is 287 g/mol. The third kappa shape index (κ3) is 2.84. The van der Waals surface area contributed by atoms with Crippen LogP contribution in [0.15, 0.2) is 28.7 Å². The van der Waals surface area contributed by atoms with Gasteiger partial charge in [-0.25, -0.2) is 0 Å². The molecule has 3 heteroatoms. The molecule has 0 saturated carbocycles. The Balaban J connectivity index is 3.04. The highest BCUT2D eigenvalue weighted by atomic mass is 79.9. The first kappa shape index (κ1) is 13.7. The molecule has 0 spiro atoms. The van der Waals surface area contributed by atoms with E-state index in [1.807, 2.05) is 12.1 Å². The second-order valence-electron chi connectivity index (χ2n) is 4.38. The first-order chi connectivity index (χ1) is 7.54. The summed E-state index contributed by atoms with van der Waals surface area (Å²) in [5.74, 6) is 0. The number of benzene rings is 1. The molecule has 0 saturated heterocycles. The Hall–Kier alpha value is -0.380. The lowest BCUT2D eigenvalue weighted by Crippen LogP contribution is -2.38. The molecule has 1 unspecified atom stereocenters. The lowest BCUT2D eigenvalue weighted by molar-refractivity contribution is -0.0130. The van der Waals surface area contributed by atoms with Gasteiger partial charge in [-0.2, -0.15) is 0 Å². The normalized spacial score (nSPS) is 13.8. The van der Waals surface area contributed by atoms with Crippen LogP contribution in [0.3, 0.4) is 0 Å². The van der Waals surface area contributed by atoms with E-state index in [0.29, 0.717) is 6.61 Å². The fourth-order valence-electron chi connectivity index (χ4n) is 1.88. The summed E-state index contributed by atoms with van der Waals surface area (Å²) in [4.78, 5) is 0. The highest BCUT2D eigenvalue weighted by Crippen LogP contribution is 2.34. The molecule has 0 aliphatic heterocycles. The fraction of sp³-hybridized carbons (Fsp3) is 0.538. The maximum atomic E-state index is 5.52. The standard InChI is InChI=1S/C13H19BrO2/c1-13(2,12(16-4)9-15-3)10-7-5-6-8-11(10)14/h5-8,12H,9H2,1-4H3. The molecule has 2 nitrogen and oxygen atoms in total. The van der Waals surface area contributed by atoms with Crippen molar-refractivity contribution in [2.45, 2.75) is 25.4 Å². The largest absolute Gasteiger partial charge is 0.382 e. The van der Waals surface area contributed by atoms with Gasteiger partial charge >= 0.3 is 0 Å². The molecule has 0 aliphatic carbocycles. The monoisotopic (exact) mass is 286 g/mol. The van der Waals surface area contributed by atoms with Crippen molar-refractivity contribution in [2.75, 3.05) is 20.8 Å². The number of hydrogen-bond donors (Lipinski definition) is 0. The summed E-state index contributed by atoms with van der Waals surface area (Å²) in [5, 5.41) is 0. The number of halogens is 1. The summed E-state index contributed by atoms with van der Waals surface area (Å²) in [6.07, 6.45) is 0.0381. The van der Waals surface area contributed by atoms with Gasteiger partial charge in [0.2, 0.25) is 0 Å². The molecule has 0 amide bonds. The first-order valence-electron chi connectivity index (χ1n) is 5.30. The maximum absolute atomic E-state index is 5.52. The zero-order valence-electron chi connectivity index (χ0n) is 10.3. The van der Waals surface area contributed by atoms with Crippen LogP contribution in [-0.2, 0) is 14.9 Å². The van der Waals surface area contributed by atoms with Crippen LogP contribution < -0.4 is 0 Å². The highest BCUT2D eigenvalue weighted by molar-refractivity contribution is 9.10. The average Bonchev–Trinajstić information content (AvgIpc) is 2.26. The summed E-state index contributed by atoms with van der Waals surface area (Å²) in [6, 6.07) is 8.23. The lowest BCUT2D eigenvalue weighted by Gasteiger charge is -2.34. The Labute approximate surface area is 106 Å². The lowest BCUT2D eigenvalue weighted by atomic mass is 9.79. The number of rotatable bonds is 5. The molecule has 16 heavy (non-hydrogen) atoms. The molecule has 0 aliphatic rings. The van der Waals surface area contributed by atoms with Crippen LogP contribution >= 0.6 is 15.9 Å². The SMILES string of the molecule is COCC(OC)C(C)(C)c1ccccc1Br. The van der Waals surface area contributed by atoms with Crippen LogP contribution in [0.4, 0.5) is 0 Å². The molecule has 1 rings (SSSR count). The van der Waals surface area contributed by atoms with Crippen molar-refractivity contribution in [1.29, 1.82) is 0 Å². The minimum Gasteiger partial charge on any atom is -0.382 e. The highest BCUT2D eigenvalue weighted by Gasteiger charge is 2.32. The predicted molar refractivity (Wildman–Crippen MR) is 69.8 cm³/mol. The fourth-order valence-corrected chi connectivity index (χ4v) is 2.68. The van der Waals surface area contributed by atoms with Crippen LogP contribution in [0.1, 0.15) is 19.4 Å². The second kappa shape index (κ2) is 5.80. The van der Waals surface area contributed by atoms with E-state index in [1.54, 1.807) is 14.2 Å². The second-order valence-corrected chi connectivity index (χ2v) is 5.24. The minimum absolute atomic E-state index is 0.0381. The van der Waals surface area contributed by atoms with Crippen LogP contribution in [0.2, 0.25) is 0 Å². The molecule has 1 aromatic carbocycles. The van der Waals surface area contributed by atoms with E-state index in [2.05, 4.69) is 41.9 Å². The van der Waals surface area contributed by atoms with Gasteiger partial charge in [-0.3, -0.25) is 0 Å². The third-order valence-electron chi connectivity index (χ3n) is 2.98. The molecule has 90 valence electrons. The third-order valence-corrected chi connectivity index (χ3v) is 3.67. The summed E-state index contributed by atoms with van der Waals surface area (Å²) in [5.41, 5.74) is 1.14. The van der Waals surface area contributed by atoms with Crippen LogP contribution in [-0.4, -0.2) is 26.9 Å². The van der Waals surface area contributed by atoms with Crippen LogP contribution in [0, 0.1) is 0 Å². The van der Waals surface area contributed by atoms with Gasteiger partial charge in [0.05, 0.1) is 12.7 Å². The summed E-state index contributed by atoms with van der Waals surface area (Å²) >= 11 is 3.58. The molecule has 0 fully saturated rings. The summed E-state index contributed by atoms with van der Waals surface area (Å²) in [7, 11) is 3.42. The van der Waals surface area contributed by atoms with Crippen molar-refractivity contribution in [3.8, 4) is 0 Å². The molecule has 0 radical (unpaired) electrons.